The summed E-state index contributed by atoms with van der Waals surface area (Å²) in [5, 5.41) is 8.41. The fourth-order valence-corrected chi connectivity index (χ4v) is 4.20. The molecule has 0 radical (unpaired) electrons. The Morgan fingerprint density at radius 2 is 1.61 bits per heavy atom. The van der Waals surface area contributed by atoms with E-state index in [1.807, 2.05) is 29.7 Å². The minimum absolute atomic E-state index is 0.0669. The number of fused-ring (bicyclic) bond motifs is 1. The van der Waals surface area contributed by atoms with E-state index in [2.05, 4.69) is 86.5 Å². The predicted octanol–water partition coefficient (Wildman–Crippen LogP) is 6.92. The van der Waals surface area contributed by atoms with Crippen molar-refractivity contribution in [2.45, 2.75) is 4.90 Å². The van der Waals surface area contributed by atoms with Crippen LogP contribution in [0.2, 0.25) is 0 Å². The average molecular weight is 547 g/mol. The maximum absolute atomic E-state index is 12.8. The summed E-state index contributed by atoms with van der Waals surface area (Å²) in [5.74, 6) is -1.26. The van der Waals surface area contributed by atoms with Gasteiger partial charge < -0.3 is 10.2 Å². The smallest absolute Gasteiger partial charge is 0.321 e. The minimum atomic E-state index is -0.694. The van der Waals surface area contributed by atoms with Crippen molar-refractivity contribution in [1.29, 1.82) is 0 Å². The molecule has 41 heavy (non-hydrogen) atoms. The lowest BCUT2D eigenvalue weighted by Gasteiger charge is -2.12. The van der Waals surface area contributed by atoms with E-state index in [0.29, 0.717) is 5.69 Å². The molecule has 2 heterocycles. The lowest BCUT2D eigenvalue weighted by molar-refractivity contribution is -0.136. The second-order valence-electron chi connectivity index (χ2n) is 7.86. The Balaban J connectivity index is 1.42. The number of carbonyl (C=O) groups excluding carboxylic acids is 2. The highest BCUT2D eigenvalue weighted by atomic mass is 32.2. The first-order valence-electron chi connectivity index (χ1n) is 12.0. The highest BCUT2D eigenvalue weighted by molar-refractivity contribution is 8.02. The number of benzene rings is 2. The number of nitrogens with zero attached hydrogens (tertiary/aromatic N) is 1. The summed E-state index contributed by atoms with van der Waals surface area (Å²) >= 11 is 1.66. The first-order chi connectivity index (χ1) is 20.2. The van der Waals surface area contributed by atoms with Crippen molar-refractivity contribution in [2.24, 2.45) is 5.16 Å². The highest BCUT2D eigenvalue weighted by Crippen LogP contribution is 2.34. The van der Waals surface area contributed by atoms with E-state index in [9.17, 15) is 9.59 Å². The van der Waals surface area contributed by atoms with Crippen molar-refractivity contribution >= 4 is 46.7 Å². The summed E-state index contributed by atoms with van der Waals surface area (Å²) in [6.45, 7) is 3.34. The van der Waals surface area contributed by atoms with Crippen molar-refractivity contribution in [1.82, 2.24) is 0 Å². The maximum Gasteiger partial charge on any atom is 0.368 e. The zero-order valence-corrected chi connectivity index (χ0v) is 22.3. The van der Waals surface area contributed by atoms with Crippen molar-refractivity contribution in [3.63, 3.8) is 0 Å². The predicted molar refractivity (Wildman–Crippen MR) is 160 cm³/mol. The summed E-state index contributed by atoms with van der Waals surface area (Å²) in [6.07, 6.45) is 10.6. The van der Waals surface area contributed by atoms with E-state index in [4.69, 9.17) is 4.84 Å². The molecule has 0 unspecified atom stereocenters. The number of allylic oxidation sites excluding steroid dienone is 6. The number of hydrogen-bond acceptors (Lipinski definition) is 5. The van der Waals surface area contributed by atoms with Crippen LogP contribution in [0.4, 0.5) is 5.69 Å². The Morgan fingerprint density at radius 3 is 2.39 bits per heavy atom. The van der Waals surface area contributed by atoms with E-state index >= 15 is 0 Å². The van der Waals surface area contributed by atoms with E-state index in [0.717, 1.165) is 16.7 Å². The molecular formula is C35H18N2O3S. The van der Waals surface area contributed by atoms with Crippen LogP contribution in [-0.2, 0) is 14.4 Å². The summed E-state index contributed by atoms with van der Waals surface area (Å²) in [5.41, 5.74) is 29.1. The first-order valence-corrected chi connectivity index (χ1v) is 12.9. The molecule has 0 aromatic heterocycles. The molecule has 0 atom stereocenters. The van der Waals surface area contributed by atoms with Gasteiger partial charge in [-0.15, -0.1) is 0 Å². The van der Waals surface area contributed by atoms with Gasteiger partial charge in [0.2, 0.25) is 0 Å². The average Bonchev–Trinajstić information content (AvgIpc) is 3.37. The lowest BCUT2D eigenvalue weighted by Crippen LogP contribution is -2.24. The van der Waals surface area contributed by atoms with Gasteiger partial charge in [0.15, 0.2) is 5.71 Å². The Kier molecular flexibility index (Phi) is 10.0. The van der Waals surface area contributed by atoms with Gasteiger partial charge in [0.05, 0.1) is 5.57 Å². The maximum atomic E-state index is 12.8. The van der Waals surface area contributed by atoms with Gasteiger partial charge in [-0.05, 0) is 111 Å². The summed E-state index contributed by atoms with van der Waals surface area (Å²) in [4.78, 5) is 30.9. The highest BCUT2D eigenvalue weighted by Gasteiger charge is 2.30. The van der Waals surface area contributed by atoms with E-state index in [1.165, 1.54) is 11.0 Å². The van der Waals surface area contributed by atoms with Crippen LogP contribution >= 0.6 is 11.8 Å². The number of anilines is 1. The van der Waals surface area contributed by atoms with Crippen LogP contribution in [0.1, 0.15) is 11.1 Å². The van der Waals surface area contributed by atoms with E-state index in [-0.39, 0.29) is 11.3 Å². The van der Waals surface area contributed by atoms with Crippen molar-refractivity contribution in [3.8, 4) is 0 Å². The topological polar surface area (TPSA) is 67.8 Å². The second-order valence-corrected chi connectivity index (χ2v) is 8.81. The number of oxime groups is 1. The summed E-state index contributed by atoms with van der Waals surface area (Å²) in [6, 6.07) is 15.1. The van der Waals surface area contributed by atoms with Gasteiger partial charge in [0.25, 0.3) is 5.91 Å². The van der Waals surface area contributed by atoms with Gasteiger partial charge in [0.1, 0.15) is 0 Å². The molecular weight excluding hydrogens is 528 g/mol. The van der Waals surface area contributed by atoms with E-state index in [1.54, 1.807) is 54.3 Å². The molecule has 1 amide bonds. The van der Waals surface area contributed by atoms with Gasteiger partial charge in [-0.2, -0.15) is 0 Å². The third-order valence-electron chi connectivity index (χ3n) is 5.21. The van der Waals surface area contributed by atoms with Gasteiger partial charge in [0, 0.05) is 10.6 Å². The molecule has 4 rings (SSSR count). The number of thioether (sulfide) groups is 1. The standard InChI is InChI=1S/C35H18N2O3S/c1-2-3-4-5-6-7-8-9-10-11-16-27-21-23-29(24-22-27)36-34(38)33-31(35(39)40-37-33)19-13-12-17-28-25-26-41-32-20-15-14-18-30(28)32/h12-26H,1H2,(H,36,38). The molecule has 0 spiro atoms. The van der Waals surface area contributed by atoms with Crippen molar-refractivity contribution < 1.29 is 14.4 Å². The van der Waals surface area contributed by atoms with Crippen LogP contribution in [0.15, 0.2) is 164 Å². The third-order valence-corrected chi connectivity index (χ3v) is 6.09. The van der Waals surface area contributed by atoms with Crippen molar-refractivity contribution in [2.75, 3.05) is 5.32 Å². The molecule has 2 aliphatic heterocycles. The molecule has 0 saturated heterocycles. The molecule has 2 aromatic rings. The number of amides is 1. The van der Waals surface area contributed by atoms with Gasteiger partial charge in [-0.1, -0.05) is 76.9 Å². The first kappa shape index (κ1) is 27.9. The van der Waals surface area contributed by atoms with Crippen LogP contribution in [-0.4, -0.2) is 17.6 Å². The Morgan fingerprint density at radius 1 is 0.902 bits per heavy atom. The fraction of sp³-hybridized carbons (Fsp3) is 0. The van der Waals surface area contributed by atoms with Crippen LogP contribution in [0.3, 0.4) is 0 Å². The quantitative estimate of drug-likeness (QED) is 0.251. The van der Waals surface area contributed by atoms with Gasteiger partial charge in [-0.25, -0.2) is 4.79 Å². The number of hydrogen-bond donors (Lipinski definition) is 1. The molecule has 0 saturated carbocycles. The normalized spacial score (nSPS) is 14.2. The number of rotatable bonds is 5. The SMILES string of the molecule is C=C=C=C=C=C=C=C=C=C=C=Cc1ccc(NC(=O)C2=NOC(=O)C2=CC=CC=C2C=CSc3ccccc32)cc1. The molecule has 0 aliphatic carbocycles. The molecule has 2 aliphatic rings. The molecule has 1 N–H and O–H groups in total. The molecule has 5 nitrogen and oxygen atoms in total. The lowest BCUT2D eigenvalue weighted by atomic mass is 10.0. The van der Waals surface area contributed by atoms with Crippen LogP contribution in [0.5, 0.6) is 0 Å². The third kappa shape index (κ3) is 8.19. The largest absolute Gasteiger partial charge is 0.368 e. The molecule has 2 aromatic carbocycles. The van der Waals surface area contributed by atoms with Crippen molar-refractivity contribution in [3.05, 3.63) is 165 Å². The second kappa shape index (κ2) is 14.7. The number of carbonyl (C=O) groups is 2. The molecule has 0 bridgehead atoms. The molecule has 0 fully saturated rings. The Labute approximate surface area is 240 Å². The minimum Gasteiger partial charge on any atom is -0.321 e. The zero-order chi connectivity index (χ0) is 28.7. The van der Waals surface area contributed by atoms with Gasteiger partial charge >= 0.3 is 5.97 Å². The zero-order valence-electron chi connectivity index (χ0n) is 21.4. The summed E-state index contributed by atoms with van der Waals surface area (Å²) in [7, 11) is 0. The number of nitrogens with one attached hydrogen (secondary N) is 1. The van der Waals surface area contributed by atoms with Crippen LogP contribution < -0.4 is 5.32 Å². The summed E-state index contributed by atoms with van der Waals surface area (Å²) < 4.78 is 0. The monoisotopic (exact) mass is 546 g/mol. The van der Waals surface area contributed by atoms with Crippen LogP contribution in [0, 0.1) is 0 Å². The van der Waals surface area contributed by atoms with E-state index < -0.39 is 11.9 Å². The fourth-order valence-electron chi connectivity index (χ4n) is 3.37. The molecule has 6 heteroatoms. The Bertz CT molecular complexity index is 1960. The van der Waals surface area contributed by atoms with Crippen LogP contribution in [0.25, 0.3) is 11.6 Å². The molecule has 192 valence electrons. The van der Waals surface area contributed by atoms with Gasteiger partial charge in [-0.3, -0.25) is 4.79 Å². The Hall–Kier alpha value is -6.10.